The second kappa shape index (κ2) is 6.90. The quantitative estimate of drug-likeness (QED) is 0.568. The van der Waals surface area contributed by atoms with Gasteiger partial charge in [0, 0.05) is 23.1 Å². The number of nitrogens with zero attached hydrogens (tertiary/aromatic N) is 5. The summed E-state index contributed by atoms with van der Waals surface area (Å²) in [6, 6.07) is 11.7. The Labute approximate surface area is 152 Å². The van der Waals surface area contributed by atoms with Crippen LogP contribution in [0.15, 0.2) is 65.8 Å². The van der Waals surface area contributed by atoms with Crippen molar-refractivity contribution < 1.29 is 0 Å². The Morgan fingerprint density at radius 3 is 2.64 bits per heavy atom. The highest BCUT2D eigenvalue weighted by atomic mass is 79.9. The third kappa shape index (κ3) is 3.32. The van der Waals surface area contributed by atoms with E-state index in [0.29, 0.717) is 12.4 Å². The van der Waals surface area contributed by atoms with E-state index in [2.05, 4.69) is 46.2 Å². The lowest BCUT2D eigenvalue weighted by molar-refractivity contribution is 1.03. The minimum absolute atomic E-state index is 0.568. The lowest BCUT2D eigenvalue weighted by atomic mass is 10.2. The SMILES string of the molecule is Brc1cccc2nc(-c3cncnc3)nc(NCc3ccccn3)c12. The standard InChI is InChI=1S/C18H13BrN6/c19-14-5-3-6-15-16(14)18(23-10-13-4-1-2-7-22-13)25-17(24-15)12-8-20-11-21-9-12/h1-9,11H,10H2,(H,23,24,25). The molecule has 4 aromatic rings. The first-order chi connectivity index (χ1) is 12.3. The zero-order chi connectivity index (χ0) is 17.1. The number of nitrogens with one attached hydrogen (secondary N) is 1. The predicted molar refractivity (Wildman–Crippen MR) is 99.8 cm³/mol. The van der Waals surface area contributed by atoms with Crippen LogP contribution in [-0.2, 0) is 6.54 Å². The number of anilines is 1. The number of fused-ring (bicyclic) bond motifs is 1. The van der Waals surface area contributed by atoms with Crippen LogP contribution in [0.2, 0.25) is 0 Å². The number of pyridine rings is 1. The second-order valence-electron chi connectivity index (χ2n) is 5.33. The van der Waals surface area contributed by atoms with Gasteiger partial charge in [-0.1, -0.05) is 12.1 Å². The Kier molecular flexibility index (Phi) is 4.30. The predicted octanol–water partition coefficient (Wildman–Crippen LogP) is 3.86. The highest BCUT2D eigenvalue weighted by Crippen LogP contribution is 2.30. The highest BCUT2D eigenvalue weighted by molar-refractivity contribution is 9.10. The topological polar surface area (TPSA) is 76.5 Å². The molecule has 6 nitrogen and oxygen atoms in total. The zero-order valence-electron chi connectivity index (χ0n) is 13.1. The van der Waals surface area contributed by atoms with Crippen LogP contribution < -0.4 is 5.32 Å². The fraction of sp³-hybridized carbons (Fsp3) is 0.0556. The van der Waals surface area contributed by atoms with Gasteiger partial charge in [-0.2, -0.15) is 0 Å². The number of aromatic nitrogens is 5. The first-order valence-corrected chi connectivity index (χ1v) is 8.46. The summed E-state index contributed by atoms with van der Waals surface area (Å²) in [4.78, 5) is 21.8. The molecule has 0 aliphatic carbocycles. The molecule has 0 saturated carbocycles. The van der Waals surface area contributed by atoms with E-state index < -0.39 is 0 Å². The van der Waals surface area contributed by atoms with E-state index in [1.54, 1.807) is 18.6 Å². The van der Waals surface area contributed by atoms with E-state index in [4.69, 9.17) is 0 Å². The molecule has 0 spiro atoms. The van der Waals surface area contributed by atoms with Gasteiger partial charge >= 0.3 is 0 Å². The van der Waals surface area contributed by atoms with Crippen LogP contribution in [0.25, 0.3) is 22.3 Å². The maximum absolute atomic E-state index is 4.69. The van der Waals surface area contributed by atoms with Gasteiger partial charge in [-0.25, -0.2) is 19.9 Å². The number of hydrogen-bond donors (Lipinski definition) is 1. The van der Waals surface area contributed by atoms with Gasteiger partial charge in [-0.15, -0.1) is 0 Å². The van der Waals surface area contributed by atoms with Crippen LogP contribution in [0.3, 0.4) is 0 Å². The van der Waals surface area contributed by atoms with Gasteiger partial charge < -0.3 is 5.32 Å². The molecular weight excluding hydrogens is 380 g/mol. The molecule has 3 aromatic heterocycles. The third-order valence-electron chi connectivity index (χ3n) is 3.65. The maximum atomic E-state index is 4.69. The zero-order valence-corrected chi connectivity index (χ0v) is 14.7. The smallest absolute Gasteiger partial charge is 0.165 e. The van der Waals surface area contributed by atoms with Crippen molar-refractivity contribution in [1.82, 2.24) is 24.9 Å². The molecule has 0 unspecified atom stereocenters. The minimum Gasteiger partial charge on any atom is -0.364 e. The van der Waals surface area contributed by atoms with Crippen molar-refractivity contribution >= 4 is 32.7 Å². The average Bonchev–Trinajstić information content (AvgIpc) is 2.67. The van der Waals surface area contributed by atoms with Crippen molar-refractivity contribution in [2.24, 2.45) is 0 Å². The largest absolute Gasteiger partial charge is 0.364 e. The molecule has 0 fully saturated rings. The normalized spacial score (nSPS) is 10.8. The summed E-state index contributed by atoms with van der Waals surface area (Å²) < 4.78 is 0.935. The molecule has 0 radical (unpaired) electrons. The van der Waals surface area contributed by atoms with Crippen molar-refractivity contribution in [3.63, 3.8) is 0 Å². The fourth-order valence-corrected chi connectivity index (χ4v) is 3.03. The van der Waals surface area contributed by atoms with Crippen LogP contribution in [0.4, 0.5) is 5.82 Å². The number of benzene rings is 1. The Morgan fingerprint density at radius 2 is 1.84 bits per heavy atom. The number of hydrogen-bond acceptors (Lipinski definition) is 6. The summed E-state index contributed by atoms with van der Waals surface area (Å²) in [5.41, 5.74) is 2.54. The van der Waals surface area contributed by atoms with Gasteiger partial charge in [0.05, 0.1) is 28.7 Å². The van der Waals surface area contributed by atoms with Crippen molar-refractivity contribution in [3.8, 4) is 11.4 Å². The Morgan fingerprint density at radius 1 is 0.960 bits per heavy atom. The Balaban J connectivity index is 1.80. The first kappa shape index (κ1) is 15.6. The molecule has 0 atom stereocenters. The first-order valence-electron chi connectivity index (χ1n) is 7.67. The summed E-state index contributed by atoms with van der Waals surface area (Å²) in [6.45, 7) is 0.568. The van der Waals surface area contributed by atoms with Crippen molar-refractivity contribution in [2.45, 2.75) is 6.54 Å². The molecule has 0 amide bonds. The molecule has 7 heteroatoms. The van der Waals surface area contributed by atoms with E-state index in [1.165, 1.54) is 6.33 Å². The maximum Gasteiger partial charge on any atom is 0.165 e. The molecule has 0 bridgehead atoms. The van der Waals surface area contributed by atoms with Crippen LogP contribution >= 0.6 is 15.9 Å². The van der Waals surface area contributed by atoms with Crippen molar-refractivity contribution in [2.75, 3.05) is 5.32 Å². The molecule has 1 N–H and O–H groups in total. The molecule has 122 valence electrons. The van der Waals surface area contributed by atoms with Crippen LogP contribution in [-0.4, -0.2) is 24.9 Å². The summed E-state index contributed by atoms with van der Waals surface area (Å²) in [5.74, 6) is 1.32. The highest BCUT2D eigenvalue weighted by Gasteiger charge is 2.12. The van der Waals surface area contributed by atoms with Crippen LogP contribution in [0, 0.1) is 0 Å². The van der Waals surface area contributed by atoms with E-state index in [-0.39, 0.29) is 0 Å². The molecule has 1 aromatic carbocycles. The van der Waals surface area contributed by atoms with E-state index in [0.717, 1.165) is 32.5 Å². The van der Waals surface area contributed by atoms with Crippen LogP contribution in [0.5, 0.6) is 0 Å². The van der Waals surface area contributed by atoms with E-state index in [9.17, 15) is 0 Å². The van der Waals surface area contributed by atoms with E-state index >= 15 is 0 Å². The molecule has 3 heterocycles. The lowest BCUT2D eigenvalue weighted by Crippen LogP contribution is -2.05. The Hall–Kier alpha value is -2.93. The molecule has 0 aliphatic heterocycles. The summed E-state index contributed by atoms with van der Waals surface area (Å²) in [6.07, 6.45) is 6.67. The lowest BCUT2D eigenvalue weighted by Gasteiger charge is -2.11. The monoisotopic (exact) mass is 392 g/mol. The average molecular weight is 393 g/mol. The minimum atomic E-state index is 0.568. The van der Waals surface area contributed by atoms with E-state index in [1.807, 2.05) is 36.4 Å². The summed E-state index contributed by atoms with van der Waals surface area (Å²) in [5, 5.41) is 4.30. The van der Waals surface area contributed by atoms with Gasteiger partial charge in [0.2, 0.25) is 0 Å². The number of halogens is 1. The summed E-state index contributed by atoms with van der Waals surface area (Å²) in [7, 11) is 0. The van der Waals surface area contributed by atoms with Crippen LogP contribution in [0.1, 0.15) is 5.69 Å². The molecule has 4 rings (SSSR count). The van der Waals surface area contributed by atoms with Gasteiger partial charge in [0.1, 0.15) is 12.1 Å². The van der Waals surface area contributed by atoms with Gasteiger partial charge in [0.15, 0.2) is 5.82 Å². The van der Waals surface area contributed by atoms with Gasteiger partial charge in [-0.05, 0) is 40.2 Å². The third-order valence-corrected chi connectivity index (χ3v) is 4.32. The Bertz CT molecular complexity index is 1010. The van der Waals surface area contributed by atoms with Crippen molar-refractivity contribution in [3.05, 3.63) is 71.5 Å². The van der Waals surface area contributed by atoms with Gasteiger partial charge in [0.25, 0.3) is 0 Å². The molecule has 0 aliphatic rings. The molecular formula is C18H13BrN6. The number of rotatable bonds is 4. The van der Waals surface area contributed by atoms with Crippen molar-refractivity contribution in [1.29, 1.82) is 0 Å². The fourth-order valence-electron chi connectivity index (χ4n) is 2.49. The summed E-state index contributed by atoms with van der Waals surface area (Å²) >= 11 is 3.59. The second-order valence-corrected chi connectivity index (χ2v) is 6.19. The molecule has 0 saturated heterocycles. The van der Waals surface area contributed by atoms with Gasteiger partial charge in [-0.3, -0.25) is 4.98 Å². The molecule has 25 heavy (non-hydrogen) atoms.